The third-order valence-electron chi connectivity index (χ3n) is 2.53. The monoisotopic (exact) mass is 314 g/mol. The van der Waals surface area contributed by atoms with Crippen LogP contribution in [0.1, 0.15) is 30.1 Å². The molecule has 0 heterocycles. The van der Waals surface area contributed by atoms with Crippen molar-refractivity contribution in [2.75, 3.05) is 7.11 Å². The van der Waals surface area contributed by atoms with Crippen LogP contribution in [0.5, 0.6) is 5.75 Å². The second-order valence-electron chi connectivity index (χ2n) is 4.18. The molecule has 0 bridgehead atoms. The quantitative estimate of drug-likeness (QED) is 0.819. The SMILES string of the molecule is COc1ccc(C(=O)CC(C)CC(=O)O)cc1Br. The number of benzene rings is 1. The van der Waals surface area contributed by atoms with Gasteiger partial charge in [-0.2, -0.15) is 0 Å². The lowest BCUT2D eigenvalue weighted by Crippen LogP contribution is -2.10. The number of halogens is 1. The Kier molecular flexibility index (Phi) is 5.34. The summed E-state index contributed by atoms with van der Waals surface area (Å²) in [7, 11) is 1.55. The Morgan fingerprint density at radius 1 is 1.39 bits per heavy atom. The molecule has 18 heavy (non-hydrogen) atoms. The van der Waals surface area contributed by atoms with Gasteiger partial charge in [0.2, 0.25) is 0 Å². The minimum Gasteiger partial charge on any atom is -0.496 e. The zero-order valence-corrected chi connectivity index (χ0v) is 11.9. The summed E-state index contributed by atoms with van der Waals surface area (Å²) in [6.07, 6.45) is 0.230. The van der Waals surface area contributed by atoms with E-state index in [4.69, 9.17) is 9.84 Å². The van der Waals surface area contributed by atoms with Crippen LogP contribution in [0, 0.1) is 5.92 Å². The fourth-order valence-corrected chi connectivity index (χ4v) is 2.19. The van der Waals surface area contributed by atoms with Gasteiger partial charge in [-0.25, -0.2) is 0 Å². The lowest BCUT2D eigenvalue weighted by atomic mass is 9.97. The van der Waals surface area contributed by atoms with Crippen LogP contribution < -0.4 is 4.74 Å². The number of carbonyl (C=O) groups excluding carboxylic acids is 1. The predicted molar refractivity (Wildman–Crippen MR) is 71.1 cm³/mol. The van der Waals surface area contributed by atoms with Crippen molar-refractivity contribution in [3.05, 3.63) is 28.2 Å². The topological polar surface area (TPSA) is 63.6 Å². The van der Waals surface area contributed by atoms with E-state index in [1.165, 1.54) is 0 Å². The Morgan fingerprint density at radius 3 is 2.56 bits per heavy atom. The summed E-state index contributed by atoms with van der Waals surface area (Å²) >= 11 is 3.31. The molecule has 1 aromatic carbocycles. The highest BCUT2D eigenvalue weighted by Gasteiger charge is 2.15. The Bertz CT molecular complexity index is 456. The van der Waals surface area contributed by atoms with Crippen LogP contribution >= 0.6 is 15.9 Å². The number of Topliss-reactive ketones (excluding diaryl/α,β-unsaturated/α-hetero) is 1. The first-order valence-electron chi connectivity index (χ1n) is 5.52. The van der Waals surface area contributed by atoms with Gasteiger partial charge in [-0.05, 0) is 40.0 Å². The van der Waals surface area contributed by atoms with Crippen molar-refractivity contribution < 1.29 is 19.4 Å². The van der Waals surface area contributed by atoms with Crippen LogP contribution in [0.15, 0.2) is 22.7 Å². The molecule has 98 valence electrons. The van der Waals surface area contributed by atoms with Crippen molar-refractivity contribution >= 4 is 27.7 Å². The maximum atomic E-state index is 11.9. The summed E-state index contributed by atoms with van der Waals surface area (Å²) in [5, 5.41) is 8.64. The molecule has 0 amide bonds. The molecule has 4 nitrogen and oxygen atoms in total. The van der Waals surface area contributed by atoms with E-state index in [2.05, 4.69) is 15.9 Å². The molecule has 0 spiro atoms. The van der Waals surface area contributed by atoms with Crippen molar-refractivity contribution in [1.82, 2.24) is 0 Å². The van der Waals surface area contributed by atoms with E-state index in [0.29, 0.717) is 15.8 Å². The third-order valence-corrected chi connectivity index (χ3v) is 3.15. The second-order valence-corrected chi connectivity index (χ2v) is 5.03. The van der Waals surface area contributed by atoms with E-state index in [1.54, 1.807) is 32.2 Å². The molecule has 0 aromatic heterocycles. The van der Waals surface area contributed by atoms with Crippen molar-refractivity contribution in [2.24, 2.45) is 5.92 Å². The van der Waals surface area contributed by atoms with Gasteiger partial charge in [0.1, 0.15) is 5.75 Å². The summed E-state index contributed by atoms with van der Waals surface area (Å²) in [6, 6.07) is 5.08. The minimum atomic E-state index is -0.883. The van der Waals surface area contributed by atoms with Crippen molar-refractivity contribution in [1.29, 1.82) is 0 Å². The molecule has 0 aliphatic heterocycles. The number of hydrogen-bond donors (Lipinski definition) is 1. The van der Waals surface area contributed by atoms with Gasteiger partial charge in [-0.3, -0.25) is 9.59 Å². The molecule has 0 aliphatic rings. The molecule has 0 fully saturated rings. The smallest absolute Gasteiger partial charge is 0.303 e. The van der Waals surface area contributed by atoms with Crippen molar-refractivity contribution in [3.8, 4) is 5.75 Å². The van der Waals surface area contributed by atoms with Gasteiger partial charge in [0, 0.05) is 18.4 Å². The van der Waals surface area contributed by atoms with Gasteiger partial charge in [-0.1, -0.05) is 6.92 Å². The highest BCUT2D eigenvalue weighted by molar-refractivity contribution is 9.10. The lowest BCUT2D eigenvalue weighted by molar-refractivity contribution is -0.137. The number of carboxylic acid groups (broad SMARTS) is 1. The fraction of sp³-hybridized carbons (Fsp3) is 0.385. The van der Waals surface area contributed by atoms with E-state index < -0.39 is 5.97 Å². The first-order valence-corrected chi connectivity index (χ1v) is 6.32. The van der Waals surface area contributed by atoms with Crippen molar-refractivity contribution in [3.63, 3.8) is 0 Å². The number of ketones is 1. The molecule has 0 aliphatic carbocycles. The molecule has 1 atom stereocenters. The highest BCUT2D eigenvalue weighted by Crippen LogP contribution is 2.26. The van der Waals surface area contributed by atoms with Gasteiger partial charge in [0.05, 0.1) is 11.6 Å². The van der Waals surface area contributed by atoms with Crippen LogP contribution in [0.3, 0.4) is 0 Å². The molecule has 0 saturated heterocycles. The van der Waals surface area contributed by atoms with Crippen LogP contribution in [-0.4, -0.2) is 24.0 Å². The number of methoxy groups -OCH3 is 1. The number of carboxylic acids is 1. The van der Waals surface area contributed by atoms with Crippen LogP contribution in [0.2, 0.25) is 0 Å². The van der Waals surface area contributed by atoms with Crippen LogP contribution in [0.25, 0.3) is 0 Å². The molecular weight excluding hydrogens is 300 g/mol. The molecule has 0 saturated carbocycles. The first-order chi connectivity index (χ1) is 8.43. The minimum absolute atomic E-state index is 0.00304. The summed E-state index contributed by atoms with van der Waals surface area (Å²) in [5.74, 6) is -0.459. The number of aliphatic carboxylic acids is 1. The Hall–Kier alpha value is -1.36. The average Bonchev–Trinajstić information content (AvgIpc) is 2.27. The van der Waals surface area contributed by atoms with E-state index in [-0.39, 0.29) is 24.5 Å². The van der Waals surface area contributed by atoms with Crippen molar-refractivity contribution in [2.45, 2.75) is 19.8 Å². The Morgan fingerprint density at radius 2 is 2.06 bits per heavy atom. The van der Waals surface area contributed by atoms with E-state index in [9.17, 15) is 9.59 Å². The van der Waals surface area contributed by atoms with Crippen LogP contribution in [-0.2, 0) is 4.79 Å². The highest BCUT2D eigenvalue weighted by atomic mass is 79.9. The van der Waals surface area contributed by atoms with E-state index in [0.717, 1.165) is 0 Å². The maximum Gasteiger partial charge on any atom is 0.303 e. The molecule has 5 heteroatoms. The van der Waals surface area contributed by atoms with Gasteiger partial charge >= 0.3 is 5.97 Å². The zero-order chi connectivity index (χ0) is 13.7. The van der Waals surface area contributed by atoms with Crippen LogP contribution in [0.4, 0.5) is 0 Å². The average molecular weight is 315 g/mol. The summed E-state index contributed by atoms with van der Waals surface area (Å²) in [5.41, 5.74) is 0.555. The lowest BCUT2D eigenvalue weighted by Gasteiger charge is -2.09. The number of rotatable bonds is 6. The summed E-state index contributed by atoms with van der Waals surface area (Å²) < 4.78 is 5.79. The number of ether oxygens (including phenoxy) is 1. The Labute approximate surface area is 114 Å². The second kappa shape index (κ2) is 6.54. The molecular formula is C13H15BrO4. The third kappa shape index (κ3) is 4.14. The fourth-order valence-electron chi connectivity index (χ4n) is 1.64. The molecule has 1 N–H and O–H groups in total. The van der Waals surface area contributed by atoms with E-state index >= 15 is 0 Å². The van der Waals surface area contributed by atoms with Gasteiger partial charge in [0.25, 0.3) is 0 Å². The summed E-state index contributed by atoms with van der Waals surface area (Å²) in [4.78, 5) is 22.5. The molecule has 1 unspecified atom stereocenters. The normalized spacial score (nSPS) is 11.9. The number of carbonyl (C=O) groups is 2. The first kappa shape index (κ1) is 14.7. The predicted octanol–water partition coefficient (Wildman–Crippen LogP) is 3.14. The Balaban J connectivity index is 2.72. The van der Waals surface area contributed by atoms with Gasteiger partial charge in [0.15, 0.2) is 5.78 Å². The van der Waals surface area contributed by atoms with E-state index in [1.807, 2.05) is 0 Å². The molecule has 0 radical (unpaired) electrons. The number of hydrogen-bond acceptors (Lipinski definition) is 3. The van der Waals surface area contributed by atoms with Gasteiger partial charge in [-0.15, -0.1) is 0 Å². The zero-order valence-electron chi connectivity index (χ0n) is 10.3. The standard InChI is InChI=1S/C13H15BrO4/c1-8(6-13(16)17)5-11(15)9-3-4-12(18-2)10(14)7-9/h3-4,7-8H,5-6H2,1-2H3,(H,16,17). The largest absolute Gasteiger partial charge is 0.496 e. The molecule has 1 aromatic rings. The van der Waals surface area contributed by atoms with Gasteiger partial charge < -0.3 is 9.84 Å². The summed E-state index contributed by atoms with van der Waals surface area (Å²) in [6.45, 7) is 1.75. The maximum absolute atomic E-state index is 11.9. The molecule has 1 rings (SSSR count).